The van der Waals surface area contributed by atoms with E-state index < -0.39 is 0 Å². The Hall–Kier alpha value is -0.910. The minimum absolute atomic E-state index is 0.0161. The second kappa shape index (κ2) is 9.18. The lowest BCUT2D eigenvalue weighted by Crippen LogP contribution is -2.25. The smallest absolute Gasteiger partial charge is 0.251 e. The molecule has 1 amide bonds. The van der Waals surface area contributed by atoms with Crippen molar-refractivity contribution in [2.45, 2.75) is 11.5 Å². The average molecular weight is 338 g/mol. The summed E-state index contributed by atoms with van der Waals surface area (Å²) in [5.74, 6) is 2.97. The molecular weight excluding hydrogens is 318 g/mol. The van der Waals surface area contributed by atoms with Gasteiger partial charge < -0.3 is 5.32 Å². The normalized spacial score (nSPS) is 10.5. The molecule has 112 valence electrons. The van der Waals surface area contributed by atoms with Crippen molar-refractivity contribution in [1.29, 1.82) is 0 Å². The predicted molar refractivity (Wildman–Crippen MR) is 96.5 cm³/mol. The Kier molecular flexibility index (Phi) is 7.19. The van der Waals surface area contributed by atoms with Crippen molar-refractivity contribution in [3.8, 4) is 0 Å². The van der Waals surface area contributed by atoms with Gasteiger partial charge >= 0.3 is 0 Å². The molecule has 2 aromatic rings. The molecule has 0 atom stereocenters. The molecule has 0 aliphatic heterocycles. The van der Waals surface area contributed by atoms with Gasteiger partial charge in [0.25, 0.3) is 5.91 Å². The second-order valence-corrected chi connectivity index (χ2v) is 7.52. The number of carbonyl (C=O) groups is 1. The molecule has 0 spiro atoms. The maximum Gasteiger partial charge on any atom is 0.251 e. The van der Waals surface area contributed by atoms with E-state index in [4.69, 9.17) is 0 Å². The first-order valence-electron chi connectivity index (χ1n) is 6.76. The van der Waals surface area contributed by atoms with Crippen molar-refractivity contribution < 1.29 is 4.79 Å². The SMILES string of the molecule is CSCc1ccc(C(=O)NCCSCc2cccs2)cc1. The van der Waals surface area contributed by atoms with E-state index >= 15 is 0 Å². The molecule has 0 bridgehead atoms. The Morgan fingerprint density at radius 2 is 2.00 bits per heavy atom. The van der Waals surface area contributed by atoms with E-state index in [2.05, 4.69) is 29.1 Å². The van der Waals surface area contributed by atoms with E-state index in [1.807, 2.05) is 36.0 Å². The lowest BCUT2D eigenvalue weighted by molar-refractivity contribution is 0.0956. The van der Waals surface area contributed by atoms with Crippen LogP contribution >= 0.6 is 34.9 Å². The van der Waals surface area contributed by atoms with Crippen LogP contribution in [0.1, 0.15) is 20.8 Å². The van der Waals surface area contributed by atoms with Gasteiger partial charge in [-0.3, -0.25) is 4.79 Å². The Bertz CT molecular complexity index is 537. The van der Waals surface area contributed by atoms with Crippen LogP contribution in [0.2, 0.25) is 0 Å². The molecule has 0 aliphatic carbocycles. The predicted octanol–water partition coefficient (Wildman–Crippen LogP) is 4.27. The number of rotatable bonds is 8. The largest absolute Gasteiger partial charge is 0.351 e. The summed E-state index contributed by atoms with van der Waals surface area (Å²) in [6, 6.07) is 12.1. The summed E-state index contributed by atoms with van der Waals surface area (Å²) in [7, 11) is 0. The molecule has 1 aromatic heterocycles. The molecule has 0 saturated heterocycles. The third-order valence-corrected chi connectivity index (χ3v) is 5.57. The fourth-order valence-corrected chi connectivity index (χ4v) is 4.05. The van der Waals surface area contributed by atoms with Crippen LogP contribution in [-0.4, -0.2) is 24.5 Å². The van der Waals surface area contributed by atoms with Gasteiger partial charge in [-0.2, -0.15) is 23.5 Å². The first-order valence-corrected chi connectivity index (χ1v) is 10.2. The van der Waals surface area contributed by atoms with Crippen molar-refractivity contribution in [3.05, 3.63) is 57.8 Å². The van der Waals surface area contributed by atoms with Gasteiger partial charge in [0.2, 0.25) is 0 Å². The van der Waals surface area contributed by atoms with Crippen molar-refractivity contribution in [2.24, 2.45) is 0 Å². The molecular formula is C16H19NOS3. The first kappa shape index (κ1) is 16.5. The lowest BCUT2D eigenvalue weighted by atomic mass is 10.1. The molecule has 2 rings (SSSR count). The molecule has 0 radical (unpaired) electrons. The molecule has 21 heavy (non-hydrogen) atoms. The van der Waals surface area contributed by atoms with Gasteiger partial charge in [0.15, 0.2) is 0 Å². The number of thioether (sulfide) groups is 2. The summed E-state index contributed by atoms with van der Waals surface area (Å²) >= 11 is 5.41. The van der Waals surface area contributed by atoms with E-state index in [0.29, 0.717) is 6.54 Å². The zero-order valence-electron chi connectivity index (χ0n) is 12.0. The fraction of sp³-hybridized carbons (Fsp3) is 0.312. The zero-order chi connectivity index (χ0) is 14.9. The van der Waals surface area contributed by atoms with Gasteiger partial charge in [0, 0.05) is 34.2 Å². The Labute approximate surface area is 138 Å². The number of carbonyl (C=O) groups excluding carboxylic acids is 1. The molecule has 0 fully saturated rings. The number of hydrogen-bond acceptors (Lipinski definition) is 4. The van der Waals surface area contributed by atoms with E-state index in [1.165, 1.54) is 10.4 Å². The Morgan fingerprint density at radius 3 is 2.67 bits per heavy atom. The number of hydrogen-bond donors (Lipinski definition) is 1. The van der Waals surface area contributed by atoms with E-state index in [0.717, 1.165) is 22.8 Å². The molecule has 0 saturated carbocycles. The molecule has 0 aliphatic rings. The zero-order valence-corrected chi connectivity index (χ0v) is 14.5. The van der Waals surface area contributed by atoms with Crippen LogP contribution in [-0.2, 0) is 11.5 Å². The topological polar surface area (TPSA) is 29.1 Å². The van der Waals surface area contributed by atoms with E-state index in [1.54, 1.807) is 23.1 Å². The maximum absolute atomic E-state index is 12.0. The third-order valence-electron chi connectivity index (χ3n) is 2.88. The van der Waals surface area contributed by atoms with Crippen molar-refractivity contribution >= 4 is 40.8 Å². The number of nitrogens with one attached hydrogen (secondary N) is 1. The Morgan fingerprint density at radius 1 is 1.19 bits per heavy atom. The number of amides is 1. The van der Waals surface area contributed by atoms with Gasteiger partial charge in [-0.05, 0) is 35.4 Å². The first-order chi connectivity index (χ1) is 10.3. The van der Waals surface area contributed by atoms with Gasteiger partial charge in [-0.25, -0.2) is 0 Å². The number of thiophene rings is 1. The van der Waals surface area contributed by atoms with Crippen LogP contribution in [0.4, 0.5) is 0 Å². The third kappa shape index (κ3) is 5.77. The molecule has 1 heterocycles. The van der Waals surface area contributed by atoms with Crippen molar-refractivity contribution in [3.63, 3.8) is 0 Å². The quantitative estimate of drug-likeness (QED) is 0.729. The summed E-state index contributed by atoms with van der Waals surface area (Å²) in [6.45, 7) is 0.710. The number of benzene rings is 1. The van der Waals surface area contributed by atoms with Crippen LogP contribution in [0, 0.1) is 0 Å². The van der Waals surface area contributed by atoms with Crippen LogP contribution < -0.4 is 5.32 Å². The highest BCUT2D eigenvalue weighted by Crippen LogP contribution is 2.16. The van der Waals surface area contributed by atoms with Crippen molar-refractivity contribution in [2.75, 3.05) is 18.6 Å². The summed E-state index contributed by atoms with van der Waals surface area (Å²) in [5.41, 5.74) is 1.99. The second-order valence-electron chi connectivity index (χ2n) is 4.52. The minimum Gasteiger partial charge on any atom is -0.351 e. The summed E-state index contributed by atoms with van der Waals surface area (Å²) in [4.78, 5) is 13.4. The summed E-state index contributed by atoms with van der Waals surface area (Å²) in [5, 5.41) is 5.06. The highest BCUT2D eigenvalue weighted by atomic mass is 32.2. The standard InChI is InChI=1S/C16H19NOS3/c1-19-11-13-4-6-14(7-5-13)16(18)17-8-10-20-12-15-3-2-9-21-15/h2-7,9H,8,10-12H2,1H3,(H,17,18). The van der Waals surface area contributed by atoms with Crippen LogP contribution in [0.15, 0.2) is 41.8 Å². The monoisotopic (exact) mass is 337 g/mol. The van der Waals surface area contributed by atoms with Gasteiger partial charge in [-0.1, -0.05) is 18.2 Å². The van der Waals surface area contributed by atoms with Crippen LogP contribution in [0.25, 0.3) is 0 Å². The lowest BCUT2D eigenvalue weighted by Gasteiger charge is -2.06. The molecule has 2 nitrogen and oxygen atoms in total. The summed E-state index contributed by atoms with van der Waals surface area (Å²) < 4.78 is 0. The van der Waals surface area contributed by atoms with Gasteiger partial charge in [0.05, 0.1) is 0 Å². The van der Waals surface area contributed by atoms with E-state index in [9.17, 15) is 4.79 Å². The highest BCUT2D eigenvalue weighted by molar-refractivity contribution is 7.98. The fourth-order valence-electron chi connectivity index (χ4n) is 1.83. The maximum atomic E-state index is 12.0. The highest BCUT2D eigenvalue weighted by Gasteiger charge is 2.04. The molecule has 5 heteroatoms. The summed E-state index contributed by atoms with van der Waals surface area (Å²) in [6.07, 6.45) is 2.08. The van der Waals surface area contributed by atoms with Crippen LogP contribution in [0.3, 0.4) is 0 Å². The van der Waals surface area contributed by atoms with E-state index in [-0.39, 0.29) is 5.91 Å². The Balaban J connectivity index is 1.66. The molecule has 0 unspecified atom stereocenters. The van der Waals surface area contributed by atoms with Gasteiger partial charge in [-0.15, -0.1) is 11.3 Å². The van der Waals surface area contributed by atoms with Gasteiger partial charge in [0.1, 0.15) is 0 Å². The molecule has 1 aromatic carbocycles. The van der Waals surface area contributed by atoms with Crippen molar-refractivity contribution in [1.82, 2.24) is 5.32 Å². The van der Waals surface area contributed by atoms with Crippen LogP contribution in [0.5, 0.6) is 0 Å². The minimum atomic E-state index is 0.0161. The average Bonchev–Trinajstić information content (AvgIpc) is 3.01. The molecule has 1 N–H and O–H groups in total.